The van der Waals surface area contributed by atoms with Crippen molar-refractivity contribution in [2.75, 3.05) is 17.9 Å². The minimum Gasteiger partial charge on any atom is -0.352 e. The second kappa shape index (κ2) is 8.68. The van der Waals surface area contributed by atoms with Gasteiger partial charge in [0.05, 0.1) is 17.1 Å². The molecule has 0 unspecified atom stereocenters. The number of nitrogens with zero attached hydrogens (tertiary/aromatic N) is 1. The van der Waals surface area contributed by atoms with Gasteiger partial charge in [-0.3, -0.25) is 13.9 Å². The van der Waals surface area contributed by atoms with Crippen molar-refractivity contribution < 1.29 is 18.0 Å². The lowest BCUT2D eigenvalue weighted by Gasteiger charge is -2.19. The molecule has 0 heterocycles. The van der Waals surface area contributed by atoms with Crippen molar-refractivity contribution in [1.29, 1.82) is 0 Å². The average Bonchev–Trinajstić information content (AvgIpc) is 2.65. The Morgan fingerprint density at radius 1 is 1.00 bits per heavy atom. The Balaban J connectivity index is 2.08. The van der Waals surface area contributed by atoms with E-state index in [0.29, 0.717) is 5.69 Å². The van der Waals surface area contributed by atoms with Crippen LogP contribution in [-0.4, -0.2) is 39.9 Å². The van der Waals surface area contributed by atoms with Crippen LogP contribution in [0.15, 0.2) is 59.5 Å². The second-order valence-corrected chi connectivity index (χ2v) is 8.21. The van der Waals surface area contributed by atoms with Crippen LogP contribution in [0.25, 0.3) is 0 Å². The Morgan fingerprint density at radius 2 is 1.59 bits per heavy atom. The molecule has 2 rings (SSSR count). The zero-order valence-corrected chi connectivity index (χ0v) is 16.3. The molecule has 0 fully saturated rings. The third-order valence-corrected chi connectivity index (χ3v) is 5.55. The van der Waals surface area contributed by atoms with E-state index in [9.17, 15) is 18.0 Å². The monoisotopic (exact) mass is 389 g/mol. The van der Waals surface area contributed by atoms with Gasteiger partial charge in [-0.1, -0.05) is 18.2 Å². The van der Waals surface area contributed by atoms with E-state index in [4.69, 9.17) is 0 Å². The largest absolute Gasteiger partial charge is 0.352 e. The van der Waals surface area contributed by atoms with E-state index in [1.165, 1.54) is 35.6 Å². The Labute approximate surface area is 159 Å². The minimum absolute atomic E-state index is 0.0134. The molecule has 2 aromatic carbocycles. The number of benzene rings is 2. The molecule has 2 N–H and O–H groups in total. The minimum atomic E-state index is -3.74. The summed E-state index contributed by atoms with van der Waals surface area (Å²) in [6.07, 6.45) is 0. The number of amides is 2. The maximum absolute atomic E-state index is 12.7. The summed E-state index contributed by atoms with van der Waals surface area (Å²) < 4.78 is 26.6. The predicted octanol–water partition coefficient (Wildman–Crippen LogP) is 1.77. The van der Waals surface area contributed by atoms with Crippen molar-refractivity contribution in [1.82, 2.24) is 10.6 Å². The SMILES string of the molecule is CC(C)NC(=O)CNC(=O)c1ccc(S(=O)(=O)N(C)c2ccccc2)cc1. The number of carbonyl (C=O) groups excluding carboxylic acids is 2. The molecular weight excluding hydrogens is 366 g/mol. The van der Waals surface area contributed by atoms with E-state index in [1.54, 1.807) is 30.3 Å². The van der Waals surface area contributed by atoms with Crippen LogP contribution in [0.5, 0.6) is 0 Å². The summed E-state index contributed by atoms with van der Waals surface area (Å²) in [7, 11) is -2.27. The molecule has 2 amide bonds. The summed E-state index contributed by atoms with van der Waals surface area (Å²) in [5, 5.41) is 5.17. The van der Waals surface area contributed by atoms with Gasteiger partial charge in [-0.2, -0.15) is 0 Å². The first-order valence-electron chi connectivity index (χ1n) is 8.43. The highest BCUT2D eigenvalue weighted by molar-refractivity contribution is 7.92. The quantitative estimate of drug-likeness (QED) is 0.754. The lowest BCUT2D eigenvalue weighted by molar-refractivity contribution is -0.120. The van der Waals surface area contributed by atoms with Gasteiger partial charge < -0.3 is 10.6 Å². The van der Waals surface area contributed by atoms with Crippen LogP contribution in [0.1, 0.15) is 24.2 Å². The molecule has 0 aliphatic rings. The van der Waals surface area contributed by atoms with Crippen LogP contribution in [-0.2, 0) is 14.8 Å². The fraction of sp³-hybridized carbons (Fsp3) is 0.263. The highest BCUT2D eigenvalue weighted by Gasteiger charge is 2.21. The van der Waals surface area contributed by atoms with Crippen LogP contribution in [0.3, 0.4) is 0 Å². The molecule has 144 valence electrons. The molecule has 0 bridgehead atoms. The highest BCUT2D eigenvalue weighted by atomic mass is 32.2. The van der Waals surface area contributed by atoms with Crippen molar-refractivity contribution in [3.63, 3.8) is 0 Å². The Bertz CT molecular complexity index is 894. The molecule has 8 heteroatoms. The van der Waals surface area contributed by atoms with E-state index in [-0.39, 0.29) is 29.0 Å². The van der Waals surface area contributed by atoms with Gasteiger partial charge in [0.2, 0.25) is 5.91 Å². The number of hydrogen-bond donors (Lipinski definition) is 2. The van der Waals surface area contributed by atoms with Crippen LogP contribution in [0.4, 0.5) is 5.69 Å². The van der Waals surface area contributed by atoms with E-state index >= 15 is 0 Å². The van der Waals surface area contributed by atoms with Gasteiger partial charge >= 0.3 is 0 Å². The van der Waals surface area contributed by atoms with Crippen molar-refractivity contribution in [3.05, 3.63) is 60.2 Å². The van der Waals surface area contributed by atoms with Gasteiger partial charge in [-0.15, -0.1) is 0 Å². The third-order valence-electron chi connectivity index (χ3n) is 3.75. The fourth-order valence-electron chi connectivity index (χ4n) is 2.35. The first kappa shape index (κ1) is 20.4. The van der Waals surface area contributed by atoms with E-state index < -0.39 is 15.9 Å². The van der Waals surface area contributed by atoms with E-state index in [2.05, 4.69) is 10.6 Å². The highest BCUT2D eigenvalue weighted by Crippen LogP contribution is 2.21. The number of anilines is 1. The van der Waals surface area contributed by atoms with Gasteiger partial charge in [0, 0.05) is 18.7 Å². The molecule has 0 aromatic heterocycles. The standard InChI is InChI=1S/C19H23N3O4S/c1-14(2)21-18(23)13-20-19(24)15-9-11-17(12-10-15)27(25,26)22(3)16-7-5-4-6-8-16/h4-12,14H,13H2,1-3H3,(H,20,24)(H,21,23). The fourth-order valence-corrected chi connectivity index (χ4v) is 3.54. The van der Waals surface area contributed by atoms with Crippen molar-refractivity contribution >= 4 is 27.5 Å². The number of carbonyl (C=O) groups is 2. The Hall–Kier alpha value is -2.87. The van der Waals surface area contributed by atoms with Gasteiger partial charge in [-0.25, -0.2) is 8.42 Å². The van der Waals surface area contributed by atoms with Gasteiger partial charge in [0.15, 0.2) is 0 Å². The third kappa shape index (κ3) is 5.30. The topological polar surface area (TPSA) is 95.6 Å². The summed E-state index contributed by atoms with van der Waals surface area (Å²) in [4.78, 5) is 23.7. The summed E-state index contributed by atoms with van der Waals surface area (Å²) >= 11 is 0. The summed E-state index contributed by atoms with van der Waals surface area (Å²) in [5.74, 6) is -0.740. The molecule has 0 aliphatic carbocycles. The molecule has 0 spiro atoms. The smallest absolute Gasteiger partial charge is 0.264 e. The number of hydrogen-bond acceptors (Lipinski definition) is 4. The zero-order valence-electron chi connectivity index (χ0n) is 15.5. The first-order valence-corrected chi connectivity index (χ1v) is 9.87. The zero-order chi connectivity index (χ0) is 20.0. The Morgan fingerprint density at radius 3 is 2.15 bits per heavy atom. The molecule has 7 nitrogen and oxygen atoms in total. The second-order valence-electron chi connectivity index (χ2n) is 6.24. The lowest BCUT2D eigenvalue weighted by Crippen LogP contribution is -2.39. The summed E-state index contributed by atoms with van der Waals surface area (Å²) in [5.41, 5.74) is 0.809. The van der Waals surface area contributed by atoms with E-state index in [0.717, 1.165) is 0 Å². The van der Waals surface area contributed by atoms with Gasteiger partial charge in [-0.05, 0) is 50.2 Å². The average molecular weight is 389 g/mol. The van der Waals surface area contributed by atoms with Crippen molar-refractivity contribution in [3.8, 4) is 0 Å². The molecular formula is C19H23N3O4S. The van der Waals surface area contributed by atoms with Crippen LogP contribution < -0.4 is 14.9 Å². The Kier molecular flexibility index (Phi) is 6.57. The van der Waals surface area contributed by atoms with Gasteiger partial charge in [0.25, 0.3) is 15.9 Å². The maximum Gasteiger partial charge on any atom is 0.264 e. The molecule has 2 aromatic rings. The summed E-state index contributed by atoms with van der Waals surface area (Å²) in [6, 6.07) is 14.3. The van der Waals surface area contributed by atoms with Crippen LogP contribution in [0.2, 0.25) is 0 Å². The number of rotatable bonds is 7. The molecule has 0 aliphatic heterocycles. The number of sulfonamides is 1. The molecule has 0 atom stereocenters. The predicted molar refractivity (Wildman–Crippen MR) is 104 cm³/mol. The first-order chi connectivity index (χ1) is 12.7. The van der Waals surface area contributed by atoms with E-state index in [1.807, 2.05) is 13.8 Å². The molecule has 0 saturated heterocycles. The van der Waals surface area contributed by atoms with Crippen LogP contribution in [0, 0.1) is 0 Å². The molecule has 27 heavy (non-hydrogen) atoms. The maximum atomic E-state index is 12.7. The molecule has 0 radical (unpaired) electrons. The van der Waals surface area contributed by atoms with Crippen molar-refractivity contribution in [2.24, 2.45) is 0 Å². The lowest BCUT2D eigenvalue weighted by atomic mass is 10.2. The van der Waals surface area contributed by atoms with Gasteiger partial charge in [0.1, 0.15) is 0 Å². The number of nitrogens with one attached hydrogen (secondary N) is 2. The molecule has 0 saturated carbocycles. The van der Waals surface area contributed by atoms with Crippen molar-refractivity contribution in [2.45, 2.75) is 24.8 Å². The summed E-state index contributed by atoms with van der Waals surface area (Å²) in [6.45, 7) is 3.50. The number of para-hydroxylation sites is 1. The normalized spacial score (nSPS) is 11.1. The van der Waals surface area contributed by atoms with Crippen LogP contribution >= 0.6 is 0 Å².